The van der Waals surface area contributed by atoms with Gasteiger partial charge < -0.3 is 15.4 Å². The first-order valence-electron chi connectivity index (χ1n) is 4.77. The van der Waals surface area contributed by atoms with E-state index in [1.165, 1.54) is 6.07 Å². The van der Waals surface area contributed by atoms with Crippen LogP contribution in [0.5, 0.6) is 5.75 Å². The van der Waals surface area contributed by atoms with E-state index in [1.54, 1.807) is 12.1 Å². The van der Waals surface area contributed by atoms with Crippen molar-refractivity contribution in [1.29, 1.82) is 0 Å². The predicted molar refractivity (Wildman–Crippen MR) is 58.0 cm³/mol. The first kappa shape index (κ1) is 12.0. The Labute approximate surface area is 92.6 Å². The molecule has 1 rings (SSSR count). The second-order valence-corrected chi connectivity index (χ2v) is 3.46. The molecule has 0 amide bonds. The van der Waals surface area contributed by atoms with E-state index in [0.29, 0.717) is 5.56 Å². The Morgan fingerprint density at radius 2 is 2.06 bits per heavy atom. The average molecular weight is 223 g/mol. The van der Waals surface area contributed by atoms with E-state index in [-0.39, 0.29) is 24.3 Å². The van der Waals surface area contributed by atoms with Crippen molar-refractivity contribution >= 4 is 11.7 Å². The molecule has 0 aromatic heterocycles. The van der Waals surface area contributed by atoms with Gasteiger partial charge in [0.15, 0.2) is 0 Å². The second kappa shape index (κ2) is 5.16. The minimum Gasteiger partial charge on any atom is -0.507 e. The van der Waals surface area contributed by atoms with Crippen LogP contribution in [0.1, 0.15) is 24.0 Å². The van der Waals surface area contributed by atoms with E-state index >= 15 is 0 Å². The maximum atomic E-state index is 10.4. The molecule has 0 aliphatic rings. The Bertz CT molecular complexity index is 426. The Morgan fingerprint density at radius 3 is 2.62 bits per heavy atom. The summed E-state index contributed by atoms with van der Waals surface area (Å²) in [6.45, 7) is 1.83. The number of benzene rings is 1. The zero-order chi connectivity index (χ0) is 12.1. The molecule has 0 unspecified atom stereocenters. The molecule has 0 atom stereocenters. The molecule has 0 spiro atoms. The standard InChI is InChI=1S/C11H13NO4/c1-7-2-4-10(13)8(6-7)9(12-16)3-5-11(14)15/h2,4,6,13,16H,3,5H2,1H3,(H,14,15)/b12-9+. The van der Waals surface area contributed by atoms with E-state index in [4.69, 9.17) is 10.3 Å². The summed E-state index contributed by atoms with van der Waals surface area (Å²) in [5.74, 6) is -1.00. The van der Waals surface area contributed by atoms with Gasteiger partial charge >= 0.3 is 5.97 Å². The number of oxime groups is 1. The minimum atomic E-state index is -0.978. The van der Waals surface area contributed by atoms with Crippen LogP contribution in [0.15, 0.2) is 23.4 Å². The first-order valence-corrected chi connectivity index (χ1v) is 4.77. The maximum Gasteiger partial charge on any atom is 0.303 e. The fourth-order valence-corrected chi connectivity index (χ4v) is 1.34. The van der Waals surface area contributed by atoms with E-state index < -0.39 is 5.97 Å². The van der Waals surface area contributed by atoms with Crippen LogP contribution in [-0.2, 0) is 4.79 Å². The van der Waals surface area contributed by atoms with Gasteiger partial charge in [-0.2, -0.15) is 0 Å². The van der Waals surface area contributed by atoms with Crippen LogP contribution in [0, 0.1) is 6.92 Å². The quantitative estimate of drug-likeness (QED) is 0.412. The molecular weight excluding hydrogens is 210 g/mol. The topological polar surface area (TPSA) is 90.1 Å². The summed E-state index contributed by atoms with van der Waals surface area (Å²) in [5.41, 5.74) is 1.43. The molecule has 1 aromatic rings. The minimum absolute atomic E-state index is 0.0243. The van der Waals surface area contributed by atoms with Crippen LogP contribution < -0.4 is 0 Å². The van der Waals surface area contributed by atoms with Gasteiger partial charge in [-0.1, -0.05) is 16.8 Å². The lowest BCUT2D eigenvalue weighted by Gasteiger charge is -2.06. The van der Waals surface area contributed by atoms with Crippen molar-refractivity contribution in [3.05, 3.63) is 29.3 Å². The molecular formula is C11H13NO4. The van der Waals surface area contributed by atoms with E-state index in [0.717, 1.165) is 5.56 Å². The monoisotopic (exact) mass is 223 g/mol. The molecule has 0 heterocycles. The zero-order valence-corrected chi connectivity index (χ0v) is 8.84. The van der Waals surface area contributed by atoms with Crippen molar-refractivity contribution in [2.24, 2.45) is 5.16 Å². The molecule has 0 aliphatic carbocycles. The zero-order valence-electron chi connectivity index (χ0n) is 8.84. The average Bonchev–Trinajstić information content (AvgIpc) is 2.23. The third-order valence-electron chi connectivity index (χ3n) is 2.16. The Kier molecular flexibility index (Phi) is 3.88. The van der Waals surface area contributed by atoms with Crippen molar-refractivity contribution in [3.8, 4) is 5.75 Å². The SMILES string of the molecule is Cc1ccc(O)c(/C(CCC(=O)O)=N/O)c1. The van der Waals surface area contributed by atoms with Crippen molar-refractivity contribution < 1.29 is 20.2 Å². The number of hydrogen-bond donors (Lipinski definition) is 3. The summed E-state index contributed by atoms with van der Waals surface area (Å²) in [6, 6.07) is 4.84. The Balaban J connectivity index is 2.95. The Hall–Kier alpha value is -2.04. The normalized spacial score (nSPS) is 11.4. The van der Waals surface area contributed by atoms with Crippen LogP contribution in [-0.4, -0.2) is 27.1 Å². The van der Waals surface area contributed by atoms with Crippen LogP contribution in [0.4, 0.5) is 0 Å². The summed E-state index contributed by atoms with van der Waals surface area (Å²) >= 11 is 0. The maximum absolute atomic E-state index is 10.4. The Morgan fingerprint density at radius 1 is 1.38 bits per heavy atom. The lowest BCUT2D eigenvalue weighted by molar-refractivity contribution is -0.136. The number of aromatic hydroxyl groups is 1. The fraction of sp³-hybridized carbons (Fsp3) is 0.273. The van der Waals surface area contributed by atoms with Gasteiger partial charge in [-0.25, -0.2) is 0 Å². The largest absolute Gasteiger partial charge is 0.507 e. The van der Waals surface area contributed by atoms with Gasteiger partial charge in [0, 0.05) is 12.0 Å². The molecule has 1 aromatic carbocycles. The van der Waals surface area contributed by atoms with Crippen LogP contribution >= 0.6 is 0 Å². The molecule has 3 N–H and O–H groups in total. The van der Waals surface area contributed by atoms with Gasteiger partial charge in [0.2, 0.25) is 0 Å². The number of carboxylic acids is 1. The van der Waals surface area contributed by atoms with Gasteiger partial charge in [0.25, 0.3) is 0 Å². The number of hydrogen-bond acceptors (Lipinski definition) is 4. The lowest BCUT2D eigenvalue weighted by atomic mass is 10.0. The van der Waals surface area contributed by atoms with Crippen LogP contribution in [0.2, 0.25) is 0 Å². The molecule has 0 saturated carbocycles. The molecule has 0 aliphatic heterocycles. The van der Waals surface area contributed by atoms with Crippen LogP contribution in [0.3, 0.4) is 0 Å². The molecule has 0 bridgehead atoms. The van der Waals surface area contributed by atoms with E-state index in [9.17, 15) is 9.90 Å². The first-order chi connectivity index (χ1) is 7.54. The summed E-state index contributed by atoms with van der Waals surface area (Å²) in [4.78, 5) is 10.4. The summed E-state index contributed by atoms with van der Waals surface area (Å²) in [6.07, 6.45) is -0.0738. The highest BCUT2D eigenvalue weighted by Crippen LogP contribution is 2.20. The molecule has 16 heavy (non-hydrogen) atoms. The number of carboxylic acid groups (broad SMARTS) is 1. The number of rotatable bonds is 4. The van der Waals surface area contributed by atoms with Gasteiger partial charge in [0.1, 0.15) is 5.75 Å². The molecule has 0 radical (unpaired) electrons. The highest BCUT2D eigenvalue weighted by atomic mass is 16.4. The third kappa shape index (κ3) is 2.98. The smallest absolute Gasteiger partial charge is 0.303 e. The van der Waals surface area contributed by atoms with Crippen molar-refractivity contribution in [2.45, 2.75) is 19.8 Å². The molecule has 5 nitrogen and oxygen atoms in total. The van der Waals surface area contributed by atoms with Crippen molar-refractivity contribution in [2.75, 3.05) is 0 Å². The fourth-order valence-electron chi connectivity index (χ4n) is 1.34. The van der Waals surface area contributed by atoms with Crippen LogP contribution in [0.25, 0.3) is 0 Å². The number of carbonyl (C=O) groups is 1. The number of aliphatic carboxylic acids is 1. The molecule has 86 valence electrons. The second-order valence-electron chi connectivity index (χ2n) is 3.46. The highest BCUT2D eigenvalue weighted by molar-refractivity contribution is 6.03. The third-order valence-corrected chi connectivity index (χ3v) is 2.16. The number of aryl methyl sites for hydroxylation is 1. The number of nitrogens with zero attached hydrogens (tertiary/aromatic N) is 1. The summed E-state index contributed by atoms with van der Waals surface area (Å²) in [7, 11) is 0. The van der Waals surface area contributed by atoms with Crippen molar-refractivity contribution in [1.82, 2.24) is 0 Å². The summed E-state index contributed by atoms with van der Waals surface area (Å²) in [5, 5.41) is 29.9. The van der Waals surface area contributed by atoms with E-state index in [2.05, 4.69) is 5.16 Å². The lowest BCUT2D eigenvalue weighted by Crippen LogP contribution is -2.06. The molecule has 0 fully saturated rings. The van der Waals surface area contributed by atoms with Crippen molar-refractivity contribution in [3.63, 3.8) is 0 Å². The van der Waals surface area contributed by atoms with E-state index in [1.807, 2.05) is 6.92 Å². The molecule has 0 saturated heterocycles. The van der Waals surface area contributed by atoms with Gasteiger partial charge in [-0.05, 0) is 19.1 Å². The summed E-state index contributed by atoms with van der Waals surface area (Å²) < 4.78 is 0. The van der Waals surface area contributed by atoms with Gasteiger partial charge in [0.05, 0.1) is 12.1 Å². The highest BCUT2D eigenvalue weighted by Gasteiger charge is 2.11. The predicted octanol–water partition coefficient (Wildman–Crippen LogP) is 1.74. The van der Waals surface area contributed by atoms with Gasteiger partial charge in [-0.3, -0.25) is 4.79 Å². The number of phenolic OH excluding ortho intramolecular Hbond substituents is 1. The molecule has 5 heteroatoms. The van der Waals surface area contributed by atoms with Gasteiger partial charge in [-0.15, -0.1) is 0 Å². The number of phenols is 1.